The molecule has 1 aromatic heterocycles. The Morgan fingerprint density at radius 2 is 1.89 bits per heavy atom. The van der Waals surface area contributed by atoms with Gasteiger partial charge in [0.2, 0.25) is 0 Å². The van der Waals surface area contributed by atoms with Gasteiger partial charge in [-0.2, -0.15) is 0 Å². The van der Waals surface area contributed by atoms with Crippen molar-refractivity contribution in [2.75, 3.05) is 6.54 Å². The number of imidazole rings is 1. The molecule has 1 N–H and O–H groups in total. The van der Waals surface area contributed by atoms with E-state index < -0.39 is 0 Å². The van der Waals surface area contributed by atoms with Crippen LogP contribution in [0.15, 0.2) is 30.6 Å². The fourth-order valence-electron chi connectivity index (χ4n) is 3.17. The van der Waals surface area contributed by atoms with Gasteiger partial charge in [0.25, 0.3) is 0 Å². The van der Waals surface area contributed by atoms with Crippen molar-refractivity contribution in [1.82, 2.24) is 14.9 Å². The lowest BCUT2D eigenvalue weighted by Gasteiger charge is -2.17. The Kier molecular flexibility index (Phi) is 2.80. The summed E-state index contributed by atoms with van der Waals surface area (Å²) in [6.45, 7) is 2.09. The summed E-state index contributed by atoms with van der Waals surface area (Å²) in [6, 6.07) is 9.17. The second-order valence-corrected chi connectivity index (χ2v) is 6.08. The highest BCUT2D eigenvalue weighted by molar-refractivity contribution is 5.74. The third kappa shape index (κ3) is 2.39. The van der Waals surface area contributed by atoms with Gasteiger partial charge in [0.15, 0.2) is 0 Å². The zero-order valence-electron chi connectivity index (χ0n) is 11.3. The predicted molar refractivity (Wildman–Crippen MR) is 77.0 cm³/mol. The predicted octanol–water partition coefficient (Wildman–Crippen LogP) is 2.81. The minimum Gasteiger partial charge on any atom is -0.329 e. The number of nitrogens with zero attached hydrogens (tertiary/aromatic N) is 2. The highest BCUT2D eigenvalue weighted by Crippen LogP contribution is 2.44. The van der Waals surface area contributed by atoms with Crippen molar-refractivity contribution in [3.63, 3.8) is 0 Å². The van der Waals surface area contributed by atoms with Crippen LogP contribution in [0.4, 0.5) is 0 Å². The number of aromatic nitrogens is 2. The van der Waals surface area contributed by atoms with E-state index in [0.29, 0.717) is 0 Å². The standard InChI is InChI=1S/C16H21N3/c1-2-4-15-14(3-1)18-11-19(15)10-9-17-16(12-5-6-12)13-7-8-13/h1-4,11-13,16-17H,5-10H2. The number of benzene rings is 1. The van der Waals surface area contributed by atoms with Gasteiger partial charge in [-0.3, -0.25) is 0 Å². The van der Waals surface area contributed by atoms with E-state index in [1.165, 1.54) is 31.2 Å². The van der Waals surface area contributed by atoms with Gasteiger partial charge < -0.3 is 9.88 Å². The first-order chi connectivity index (χ1) is 9.42. The Hall–Kier alpha value is -1.35. The lowest BCUT2D eigenvalue weighted by molar-refractivity contribution is 0.408. The highest BCUT2D eigenvalue weighted by atomic mass is 15.1. The van der Waals surface area contributed by atoms with E-state index in [2.05, 4.69) is 33.1 Å². The zero-order valence-corrected chi connectivity index (χ0v) is 11.3. The average molecular weight is 255 g/mol. The Labute approximate surface area is 114 Å². The molecule has 0 radical (unpaired) electrons. The van der Waals surface area contributed by atoms with Gasteiger partial charge in [-0.05, 0) is 49.7 Å². The Balaban J connectivity index is 1.39. The van der Waals surface area contributed by atoms with Gasteiger partial charge in [0.1, 0.15) is 0 Å². The zero-order chi connectivity index (χ0) is 12.7. The third-order valence-electron chi connectivity index (χ3n) is 4.52. The molecule has 0 unspecified atom stereocenters. The number of hydrogen-bond acceptors (Lipinski definition) is 2. The molecule has 100 valence electrons. The van der Waals surface area contributed by atoms with E-state index in [0.717, 1.165) is 36.5 Å². The second-order valence-electron chi connectivity index (χ2n) is 6.08. The Morgan fingerprint density at radius 1 is 1.16 bits per heavy atom. The summed E-state index contributed by atoms with van der Waals surface area (Å²) >= 11 is 0. The van der Waals surface area contributed by atoms with Crippen LogP contribution in [0.1, 0.15) is 25.7 Å². The molecule has 0 amide bonds. The Bertz CT molecular complexity index is 554. The molecule has 2 fully saturated rings. The van der Waals surface area contributed by atoms with Gasteiger partial charge >= 0.3 is 0 Å². The number of fused-ring (bicyclic) bond motifs is 1. The fraction of sp³-hybridized carbons (Fsp3) is 0.562. The van der Waals surface area contributed by atoms with E-state index in [9.17, 15) is 0 Å². The van der Waals surface area contributed by atoms with Gasteiger partial charge in [-0.15, -0.1) is 0 Å². The normalized spacial score (nSPS) is 19.4. The SMILES string of the molecule is c1ccc2c(c1)ncn2CCNC(C1CC1)C1CC1. The molecular weight excluding hydrogens is 234 g/mol. The van der Waals surface area contributed by atoms with Crippen LogP contribution in [-0.2, 0) is 6.54 Å². The molecule has 1 aromatic carbocycles. The minimum atomic E-state index is 0.801. The molecule has 1 heterocycles. The molecule has 3 heteroatoms. The molecule has 0 bridgehead atoms. The first kappa shape index (κ1) is 11.5. The summed E-state index contributed by atoms with van der Waals surface area (Å²) in [5, 5.41) is 3.80. The molecule has 0 aliphatic heterocycles. The first-order valence-electron chi connectivity index (χ1n) is 7.55. The molecule has 2 aliphatic carbocycles. The maximum absolute atomic E-state index is 4.45. The van der Waals surface area contributed by atoms with Crippen molar-refractivity contribution < 1.29 is 0 Å². The van der Waals surface area contributed by atoms with Crippen LogP contribution < -0.4 is 5.32 Å². The molecule has 0 saturated heterocycles. The average Bonchev–Trinajstić information content (AvgIpc) is 3.34. The fourth-order valence-corrected chi connectivity index (χ4v) is 3.17. The van der Waals surface area contributed by atoms with Crippen molar-refractivity contribution in [3.8, 4) is 0 Å². The van der Waals surface area contributed by atoms with E-state index in [-0.39, 0.29) is 0 Å². The van der Waals surface area contributed by atoms with Crippen molar-refractivity contribution in [2.24, 2.45) is 11.8 Å². The van der Waals surface area contributed by atoms with Crippen LogP contribution in [0.3, 0.4) is 0 Å². The lowest BCUT2D eigenvalue weighted by Crippen LogP contribution is -2.35. The van der Waals surface area contributed by atoms with Crippen molar-refractivity contribution >= 4 is 11.0 Å². The van der Waals surface area contributed by atoms with Gasteiger partial charge in [0.05, 0.1) is 17.4 Å². The van der Waals surface area contributed by atoms with E-state index in [4.69, 9.17) is 0 Å². The van der Waals surface area contributed by atoms with Gasteiger partial charge in [0, 0.05) is 19.1 Å². The second kappa shape index (κ2) is 4.64. The van der Waals surface area contributed by atoms with Gasteiger partial charge in [-0.1, -0.05) is 12.1 Å². The topological polar surface area (TPSA) is 29.9 Å². The minimum absolute atomic E-state index is 0.801. The molecule has 19 heavy (non-hydrogen) atoms. The molecule has 3 nitrogen and oxygen atoms in total. The quantitative estimate of drug-likeness (QED) is 0.860. The van der Waals surface area contributed by atoms with E-state index in [1.807, 2.05) is 12.4 Å². The monoisotopic (exact) mass is 255 g/mol. The van der Waals surface area contributed by atoms with Crippen LogP contribution >= 0.6 is 0 Å². The molecule has 2 aliphatic rings. The van der Waals surface area contributed by atoms with E-state index >= 15 is 0 Å². The maximum atomic E-state index is 4.45. The maximum Gasteiger partial charge on any atom is 0.0958 e. The van der Waals surface area contributed by atoms with Crippen molar-refractivity contribution in [3.05, 3.63) is 30.6 Å². The molecule has 0 spiro atoms. The number of para-hydroxylation sites is 2. The van der Waals surface area contributed by atoms with E-state index in [1.54, 1.807) is 0 Å². The number of hydrogen-bond donors (Lipinski definition) is 1. The van der Waals surface area contributed by atoms with Crippen molar-refractivity contribution in [2.45, 2.75) is 38.3 Å². The molecular formula is C16H21N3. The molecule has 0 atom stereocenters. The van der Waals surface area contributed by atoms with Crippen LogP contribution in [-0.4, -0.2) is 22.1 Å². The van der Waals surface area contributed by atoms with Crippen LogP contribution in [0.25, 0.3) is 11.0 Å². The molecule has 2 saturated carbocycles. The largest absolute Gasteiger partial charge is 0.329 e. The molecule has 2 aromatic rings. The summed E-state index contributed by atoms with van der Waals surface area (Å²) in [7, 11) is 0. The number of rotatable bonds is 6. The molecule has 4 rings (SSSR count). The van der Waals surface area contributed by atoms with Crippen LogP contribution in [0.5, 0.6) is 0 Å². The summed E-state index contributed by atoms with van der Waals surface area (Å²) in [5.74, 6) is 1.96. The summed E-state index contributed by atoms with van der Waals surface area (Å²) in [5.41, 5.74) is 2.35. The van der Waals surface area contributed by atoms with Crippen LogP contribution in [0.2, 0.25) is 0 Å². The first-order valence-corrected chi connectivity index (χ1v) is 7.55. The van der Waals surface area contributed by atoms with Gasteiger partial charge in [-0.25, -0.2) is 4.98 Å². The summed E-state index contributed by atoms with van der Waals surface area (Å²) < 4.78 is 2.26. The summed E-state index contributed by atoms with van der Waals surface area (Å²) in [4.78, 5) is 4.45. The third-order valence-corrected chi connectivity index (χ3v) is 4.52. The smallest absolute Gasteiger partial charge is 0.0958 e. The highest BCUT2D eigenvalue weighted by Gasteiger charge is 2.40. The lowest BCUT2D eigenvalue weighted by atomic mass is 10.1. The van der Waals surface area contributed by atoms with Crippen molar-refractivity contribution in [1.29, 1.82) is 0 Å². The Morgan fingerprint density at radius 3 is 2.63 bits per heavy atom. The summed E-state index contributed by atoms with van der Waals surface area (Å²) in [6.07, 6.45) is 7.75. The number of nitrogens with one attached hydrogen (secondary N) is 1. The van der Waals surface area contributed by atoms with Crippen LogP contribution in [0, 0.1) is 11.8 Å².